The van der Waals surface area contributed by atoms with Crippen molar-refractivity contribution in [1.82, 2.24) is 14.7 Å². The third-order valence-electron chi connectivity index (χ3n) is 8.40. The molecule has 0 saturated carbocycles. The number of benzene rings is 1. The molecule has 1 aromatic rings. The number of carbonyl (C=O) groups is 4. The van der Waals surface area contributed by atoms with E-state index in [0.717, 1.165) is 0 Å². The van der Waals surface area contributed by atoms with Gasteiger partial charge < -0.3 is 29.6 Å². The van der Waals surface area contributed by atoms with Crippen molar-refractivity contribution in [2.75, 3.05) is 31.6 Å². The summed E-state index contributed by atoms with van der Waals surface area (Å²) >= 11 is 2.91. The SMILES string of the molecule is CCN(C)C(=O)CCSC[C@@H]1C[C@H](SC2=C(C(=O)O)N3C(=O)[C@H]([C@@H](C)O)C3[C@H]2C)CN1C(=O)OCc1ccc([N+](=O)[O-])cc1. The summed E-state index contributed by atoms with van der Waals surface area (Å²) in [7, 11) is 1.75. The molecule has 0 bridgehead atoms. The van der Waals surface area contributed by atoms with Crippen LogP contribution in [0.3, 0.4) is 0 Å². The highest BCUT2D eigenvalue weighted by Crippen LogP contribution is 2.52. The Morgan fingerprint density at radius 1 is 1.25 bits per heavy atom. The summed E-state index contributed by atoms with van der Waals surface area (Å²) in [6.45, 7) is 6.13. The summed E-state index contributed by atoms with van der Waals surface area (Å²) < 4.78 is 5.58. The molecule has 3 amide bonds. The molecular weight excluding hydrogens is 612 g/mol. The van der Waals surface area contributed by atoms with Gasteiger partial charge in [0.2, 0.25) is 11.8 Å². The summed E-state index contributed by atoms with van der Waals surface area (Å²) in [4.78, 5) is 66.1. The zero-order valence-corrected chi connectivity index (χ0v) is 26.7. The number of aliphatic hydroxyl groups is 1. The van der Waals surface area contributed by atoms with Gasteiger partial charge >= 0.3 is 12.1 Å². The van der Waals surface area contributed by atoms with Crippen LogP contribution in [0.2, 0.25) is 0 Å². The summed E-state index contributed by atoms with van der Waals surface area (Å²) in [6.07, 6.45) is -0.538. The third-order valence-corrected chi connectivity index (χ3v) is 11.0. The number of ether oxygens (including phenoxy) is 1. The van der Waals surface area contributed by atoms with E-state index in [1.165, 1.54) is 47.9 Å². The quantitative estimate of drug-likeness (QED) is 0.139. The predicted octanol–water partition coefficient (Wildman–Crippen LogP) is 3.16. The number of thioether (sulfide) groups is 2. The highest BCUT2D eigenvalue weighted by Gasteiger charge is 2.60. The van der Waals surface area contributed by atoms with Crippen LogP contribution in [0, 0.1) is 22.0 Å². The molecule has 44 heavy (non-hydrogen) atoms. The zero-order valence-electron chi connectivity index (χ0n) is 25.1. The van der Waals surface area contributed by atoms with Gasteiger partial charge in [0.25, 0.3) is 5.69 Å². The summed E-state index contributed by atoms with van der Waals surface area (Å²) in [5.74, 6) is -1.39. The van der Waals surface area contributed by atoms with E-state index in [0.29, 0.717) is 41.4 Å². The maximum atomic E-state index is 13.3. The van der Waals surface area contributed by atoms with E-state index in [4.69, 9.17) is 4.74 Å². The molecule has 6 atom stereocenters. The van der Waals surface area contributed by atoms with E-state index in [1.807, 2.05) is 13.8 Å². The van der Waals surface area contributed by atoms with Crippen LogP contribution in [-0.2, 0) is 25.7 Å². The average Bonchev–Trinajstić information content (AvgIpc) is 3.49. The van der Waals surface area contributed by atoms with Crippen molar-refractivity contribution in [2.24, 2.45) is 11.8 Å². The molecule has 4 rings (SSSR count). The molecule has 0 aliphatic carbocycles. The molecule has 3 aliphatic rings. The van der Waals surface area contributed by atoms with Crippen molar-refractivity contribution >= 4 is 53.1 Å². The van der Waals surface area contributed by atoms with Gasteiger partial charge in [-0.15, -0.1) is 11.8 Å². The van der Waals surface area contributed by atoms with Gasteiger partial charge in [-0.3, -0.25) is 19.7 Å². The molecule has 2 saturated heterocycles. The summed E-state index contributed by atoms with van der Waals surface area (Å²) in [5.41, 5.74) is 0.470. The topological polar surface area (TPSA) is 171 Å². The van der Waals surface area contributed by atoms with Gasteiger partial charge in [0.1, 0.15) is 12.3 Å². The van der Waals surface area contributed by atoms with Crippen molar-refractivity contribution in [1.29, 1.82) is 0 Å². The number of fused-ring (bicyclic) bond motifs is 1. The molecule has 15 heteroatoms. The lowest BCUT2D eigenvalue weighted by atomic mass is 9.79. The largest absolute Gasteiger partial charge is 0.477 e. The number of hydrogen-bond acceptors (Lipinski definition) is 10. The molecule has 13 nitrogen and oxygen atoms in total. The van der Waals surface area contributed by atoms with Crippen LogP contribution in [0.4, 0.5) is 10.5 Å². The van der Waals surface area contributed by atoms with E-state index in [1.54, 1.807) is 28.6 Å². The second-order valence-corrected chi connectivity index (χ2v) is 13.8. The fraction of sp³-hybridized carbons (Fsp3) is 0.586. The molecular formula is C29H38N4O9S2. The van der Waals surface area contributed by atoms with Crippen LogP contribution in [0.15, 0.2) is 34.9 Å². The second kappa shape index (κ2) is 14.2. The molecule has 3 heterocycles. The molecule has 3 aliphatic heterocycles. The first-order valence-electron chi connectivity index (χ1n) is 14.5. The Morgan fingerprint density at radius 3 is 2.52 bits per heavy atom. The number of nitrogens with zero attached hydrogens (tertiary/aromatic N) is 4. The number of rotatable bonds is 13. The van der Waals surface area contributed by atoms with E-state index in [-0.39, 0.29) is 47.7 Å². The van der Waals surface area contributed by atoms with E-state index < -0.39 is 41.0 Å². The summed E-state index contributed by atoms with van der Waals surface area (Å²) in [5, 5.41) is 30.9. The Kier molecular flexibility index (Phi) is 10.8. The minimum absolute atomic E-state index is 0.0391. The Labute approximate surface area is 264 Å². The van der Waals surface area contributed by atoms with Crippen molar-refractivity contribution in [2.45, 2.75) is 63.7 Å². The maximum Gasteiger partial charge on any atom is 0.410 e. The van der Waals surface area contributed by atoms with Crippen molar-refractivity contribution < 1.29 is 39.1 Å². The summed E-state index contributed by atoms with van der Waals surface area (Å²) in [6, 6.07) is 5.07. The van der Waals surface area contributed by atoms with E-state index >= 15 is 0 Å². The molecule has 1 unspecified atom stereocenters. The number of hydrogen-bond donors (Lipinski definition) is 2. The number of amides is 3. The zero-order chi connectivity index (χ0) is 32.3. The lowest BCUT2D eigenvalue weighted by Gasteiger charge is -2.46. The number of carbonyl (C=O) groups excluding carboxylic acids is 3. The predicted molar refractivity (Wildman–Crippen MR) is 165 cm³/mol. The van der Waals surface area contributed by atoms with Gasteiger partial charge in [-0.05, 0) is 38.0 Å². The van der Waals surface area contributed by atoms with Crippen molar-refractivity contribution in [3.63, 3.8) is 0 Å². The smallest absolute Gasteiger partial charge is 0.410 e. The monoisotopic (exact) mass is 650 g/mol. The number of likely N-dealkylation sites (tertiary alicyclic amines) is 1. The van der Waals surface area contributed by atoms with E-state index in [9.17, 15) is 39.5 Å². The van der Waals surface area contributed by atoms with Gasteiger partial charge in [-0.1, -0.05) is 6.92 Å². The van der Waals surface area contributed by atoms with E-state index in [2.05, 4.69) is 0 Å². The number of non-ortho nitro benzene ring substituents is 1. The van der Waals surface area contributed by atoms with Gasteiger partial charge in [0.05, 0.1) is 23.0 Å². The van der Waals surface area contributed by atoms with Crippen LogP contribution in [-0.4, -0.2) is 109 Å². The van der Waals surface area contributed by atoms with Crippen LogP contribution >= 0.6 is 23.5 Å². The van der Waals surface area contributed by atoms with Gasteiger partial charge in [0.15, 0.2) is 0 Å². The first-order valence-corrected chi connectivity index (χ1v) is 16.5. The van der Waals surface area contributed by atoms with Gasteiger partial charge in [-0.25, -0.2) is 9.59 Å². The molecule has 0 radical (unpaired) electrons. The number of aliphatic hydroxyl groups excluding tert-OH is 1. The van der Waals surface area contributed by atoms with Crippen molar-refractivity contribution in [3.8, 4) is 0 Å². The fourth-order valence-corrected chi connectivity index (χ4v) is 8.52. The highest BCUT2D eigenvalue weighted by atomic mass is 32.2. The molecule has 2 fully saturated rings. The first kappa shape index (κ1) is 33.6. The highest BCUT2D eigenvalue weighted by molar-refractivity contribution is 8.03. The Hall–Kier alpha value is -3.30. The number of β-lactam (4-membered cyclic amide) rings is 1. The van der Waals surface area contributed by atoms with Gasteiger partial charge in [0, 0.05) is 72.3 Å². The second-order valence-electron chi connectivity index (χ2n) is 11.3. The maximum absolute atomic E-state index is 13.3. The van der Waals surface area contributed by atoms with Crippen LogP contribution < -0.4 is 0 Å². The Morgan fingerprint density at radius 2 is 1.93 bits per heavy atom. The Balaban J connectivity index is 1.46. The molecule has 2 N–H and O–H groups in total. The number of carboxylic acid groups (broad SMARTS) is 1. The number of carboxylic acids is 1. The van der Waals surface area contributed by atoms with Crippen molar-refractivity contribution in [3.05, 3.63) is 50.5 Å². The normalized spacial score (nSPS) is 25.0. The number of nitro groups is 1. The first-order chi connectivity index (χ1) is 20.8. The third kappa shape index (κ3) is 6.99. The Bertz CT molecular complexity index is 1320. The molecule has 240 valence electrons. The number of nitro benzene ring substituents is 1. The molecule has 0 aromatic heterocycles. The molecule has 1 aromatic carbocycles. The lowest BCUT2D eigenvalue weighted by molar-refractivity contribution is -0.384. The fourth-order valence-electron chi connectivity index (χ4n) is 5.89. The standard InChI is InChI=1S/C29H38N4O9S2/c1-5-30(4)22(35)10-11-43-15-20-12-21(13-31(20)29(39)42-14-18-6-8-19(9-7-18)33(40)41)44-26-16(2)24-23(17(3)34)27(36)32(24)25(26)28(37)38/h6-9,16-17,20-21,23-24,34H,5,10-15H2,1-4H3,(H,37,38)/t16-,17-,20+,21+,23-,24?/m1/s1. The van der Waals surface area contributed by atoms with Gasteiger partial charge in [-0.2, -0.15) is 11.8 Å². The minimum atomic E-state index is -1.20. The molecule has 0 spiro atoms. The van der Waals surface area contributed by atoms with Crippen LogP contribution in [0.1, 0.15) is 39.2 Å². The number of aliphatic carboxylic acids is 1. The average molecular weight is 651 g/mol. The van der Waals surface area contributed by atoms with Crippen LogP contribution in [0.25, 0.3) is 0 Å². The van der Waals surface area contributed by atoms with Crippen LogP contribution in [0.5, 0.6) is 0 Å². The minimum Gasteiger partial charge on any atom is -0.477 e. The lowest BCUT2D eigenvalue weighted by Crippen LogP contribution is -2.63.